The van der Waals surface area contributed by atoms with Gasteiger partial charge in [-0.15, -0.1) is 0 Å². The molecule has 0 aliphatic carbocycles. The first kappa shape index (κ1) is 18.8. The van der Waals surface area contributed by atoms with Gasteiger partial charge in [0.25, 0.3) is 0 Å². The first-order chi connectivity index (χ1) is 13.3. The van der Waals surface area contributed by atoms with Gasteiger partial charge >= 0.3 is 0 Å². The van der Waals surface area contributed by atoms with Gasteiger partial charge < -0.3 is 15.4 Å². The zero-order valence-electron chi connectivity index (χ0n) is 16.0. The van der Waals surface area contributed by atoms with Crippen molar-refractivity contribution in [2.45, 2.75) is 26.4 Å². The number of benzene rings is 2. The van der Waals surface area contributed by atoms with Crippen LogP contribution in [0.15, 0.2) is 59.9 Å². The minimum Gasteiger partial charge on any atom is -0.497 e. The molecule has 0 atom stereocenters. The monoisotopic (exact) mass is 365 g/mol. The van der Waals surface area contributed by atoms with Crippen LogP contribution in [0.3, 0.4) is 0 Å². The van der Waals surface area contributed by atoms with Crippen molar-refractivity contribution < 1.29 is 4.74 Å². The molecule has 2 N–H and O–H groups in total. The average Bonchev–Trinajstić information content (AvgIpc) is 3.22. The smallest absolute Gasteiger partial charge is 0.191 e. The maximum Gasteiger partial charge on any atom is 0.191 e. The van der Waals surface area contributed by atoms with E-state index in [1.807, 2.05) is 29.1 Å². The number of aromatic nitrogens is 2. The van der Waals surface area contributed by atoms with Gasteiger partial charge in [0.1, 0.15) is 5.75 Å². The van der Waals surface area contributed by atoms with E-state index < -0.39 is 0 Å². The molecule has 0 bridgehead atoms. The first-order valence-electron chi connectivity index (χ1n) is 9.35. The third-order valence-electron chi connectivity index (χ3n) is 4.29. The maximum atomic E-state index is 5.28. The summed E-state index contributed by atoms with van der Waals surface area (Å²) in [7, 11) is 1.69. The number of ether oxygens (including phenoxy) is 1. The Morgan fingerprint density at radius 2 is 2.00 bits per heavy atom. The Labute approximate surface area is 160 Å². The molecule has 0 amide bonds. The van der Waals surface area contributed by atoms with Crippen molar-refractivity contribution in [1.82, 2.24) is 20.4 Å². The van der Waals surface area contributed by atoms with Crippen LogP contribution in [0.2, 0.25) is 0 Å². The maximum absolute atomic E-state index is 5.28. The molecule has 3 aromatic rings. The highest BCUT2D eigenvalue weighted by molar-refractivity contribution is 5.84. The van der Waals surface area contributed by atoms with Gasteiger partial charge in [0.05, 0.1) is 13.7 Å². The number of rotatable bonds is 8. The van der Waals surface area contributed by atoms with E-state index in [-0.39, 0.29) is 0 Å². The molecule has 0 saturated carbocycles. The summed E-state index contributed by atoms with van der Waals surface area (Å²) in [4.78, 5) is 4.71. The number of nitrogens with one attached hydrogen (secondary N) is 2. The second kappa shape index (κ2) is 9.62. The molecular weight excluding hydrogens is 338 g/mol. The van der Waals surface area contributed by atoms with Gasteiger partial charge in [0, 0.05) is 32.0 Å². The predicted molar refractivity (Wildman–Crippen MR) is 110 cm³/mol. The summed E-state index contributed by atoms with van der Waals surface area (Å²) in [6.07, 6.45) is 4.77. The quantitative estimate of drug-likeness (QED) is 0.366. The van der Waals surface area contributed by atoms with E-state index in [1.54, 1.807) is 13.3 Å². The summed E-state index contributed by atoms with van der Waals surface area (Å²) >= 11 is 0. The molecule has 1 aromatic heterocycles. The van der Waals surface area contributed by atoms with E-state index in [0.717, 1.165) is 37.8 Å². The van der Waals surface area contributed by atoms with E-state index in [2.05, 4.69) is 46.9 Å². The lowest BCUT2D eigenvalue weighted by Gasteiger charge is -2.11. The van der Waals surface area contributed by atoms with Gasteiger partial charge in [-0.3, -0.25) is 4.68 Å². The number of hydrogen-bond donors (Lipinski definition) is 2. The van der Waals surface area contributed by atoms with Crippen LogP contribution >= 0.6 is 0 Å². The van der Waals surface area contributed by atoms with Crippen molar-refractivity contribution in [3.8, 4) is 5.75 Å². The van der Waals surface area contributed by atoms with Crippen LogP contribution < -0.4 is 15.4 Å². The van der Waals surface area contributed by atoms with Gasteiger partial charge in [-0.05, 0) is 53.9 Å². The van der Waals surface area contributed by atoms with Crippen LogP contribution in [0, 0.1) is 0 Å². The van der Waals surface area contributed by atoms with Crippen molar-refractivity contribution in [2.24, 2.45) is 4.99 Å². The van der Waals surface area contributed by atoms with E-state index in [0.29, 0.717) is 6.54 Å². The Balaban J connectivity index is 1.57. The van der Waals surface area contributed by atoms with Crippen molar-refractivity contribution in [2.75, 3.05) is 20.2 Å². The van der Waals surface area contributed by atoms with Crippen molar-refractivity contribution in [1.29, 1.82) is 0 Å². The molecule has 0 radical (unpaired) electrons. The lowest BCUT2D eigenvalue weighted by atomic mass is 10.1. The first-order valence-corrected chi connectivity index (χ1v) is 9.35. The van der Waals surface area contributed by atoms with E-state index in [4.69, 9.17) is 9.73 Å². The fraction of sp³-hybridized carbons (Fsp3) is 0.333. The lowest BCUT2D eigenvalue weighted by molar-refractivity contribution is 0.415. The van der Waals surface area contributed by atoms with Gasteiger partial charge in [-0.2, -0.15) is 5.10 Å². The van der Waals surface area contributed by atoms with Crippen molar-refractivity contribution in [3.63, 3.8) is 0 Å². The molecule has 0 spiro atoms. The largest absolute Gasteiger partial charge is 0.497 e. The second-order valence-corrected chi connectivity index (χ2v) is 6.29. The number of nitrogens with zero attached hydrogens (tertiary/aromatic N) is 3. The Morgan fingerprint density at radius 3 is 2.78 bits per heavy atom. The van der Waals surface area contributed by atoms with E-state index >= 15 is 0 Å². The van der Waals surface area contributed by atoms with E-state index in [1.165, 1.54) is 16.3 Å². The van der Waals surface area contributed by atoms with Crippen molar-refractivity contribution >= 4 is 16.7 Å². The van der Waals surface area contributed by atoms with Crippen LogP contribution in [-0.4, -0.2) is 35.9 Å². The Kier molecular flexibility index (Phi) is 6.68. The standard InChI is InChI=1S/C21H27N5O/c1-3-22-21(23-10-4-12-26-13-5-11-25-26)24-16-17-6-7-19-15-20(27-2)9-8-18(19)14-17/h5-9,11,13-15H,3-4,10,12,16H2,1-2H3,(H2,22,23,24). The fourth-order valence-corrected chi connectivity index (χ4v) is 2.89. The molecule has 2 aromatic carbocycles. The van der Waals surface area contributed by atoms with Gasteiger partial charge in [0.2, 0.25) is 0 Å². The summed E-state index contributed by atoms with van der Waals surface area (Å²) in [6.45, 7) is 5.29. The fourth-order valence-electron chi connectivity index (χ4n) is 2.89. The highest BCUT2D eigenvalue weighted by Crippen LogP contribution is 2.22. The Morgan fingerprint density at radius 1 is 1.15 bits per heavy atom. The summed E-state index contributed by atoms with van der Waals surface area (Å²) in [5.41, 5.74) is 1.18. The molecule has 27 heavy (non-hydrogen) atoms. The highest BCUT2D eigenvalue weighted by Gasteiger charge is 2.01. The van der Waals surface area contributed by atoms with Crippen molar-refractivity contribution in [3.05, 3.63) is 60.4 Å². The topological polar surface area (TPSA) is 63.5 Å². The van der Waals surface area contributed by atoms with Crippen LogP contribution in [0.5, 0.6) is 5.75 Å². The molecule has 6 nitrogen and oxygen atoms in total. The van der Waals surface area contributed by atoms with Crippen LogP contribution in [0.4, 0.5) is 0 Å². The summed E-state index contributed by atoms with van der Waals surface area (Å²) < 4.78 is 7.23. The Bertz CT molecular complexity index is 873. The SMILES string of the molecule is CCNC(=NCc1ccc2cc(OC)ccc2c1)NCCCn1cccn1. The molecule has 1 heterocycles. The zero-order valence-corrected chi connectivity index (χ0v) is 16.0. The van der Waals surface area contributed by atoms with Gasteiger partial charge in [-0.25, -0.2) is 4.99 Å². The van der Waals surface area contributed by atoms with E-state index in [9.17, 15) is 0 Å². The summed E-state index contributed by atoms with van der Waals surface area (Å²) in [5.74, 6) is 1.72. The predicted octanol–water partition coefficient (Wildman–Crippen LogP) is 3.19. The normalized spacial score (nSPS) is 11.6. The molecule has 142 valence electrons. The van der Waals surface area contributed by atoms with Crippen LogP contribution in [0.25, 0.3) is 10.8 Å². The second-order valence-electron chi connectivity index (χ2n) is 6.29. The number of guanidine groups is 1. The molecule has 6 heteroatoms. The molecule has 0 unspecified atom stereocenters. The molecule has 0 saturated heterocycles. The summed E-state index contributed by atoms with van der Waals surface area (Å²) in [6, 6.07) is 14.5. The van der Waals surface area contributed by atoms with Crippen LogP contribution in [0.1, 0.15) is 18.9 Å². The van der Waals surface area contributed by atoms with Crippen LogP contribution in [-0.2, 0) is 13.1 Å². The lowest BCUT2D eigenvalue weighted by Crippen LogP contribution is -2.38. The van der Waals surface area contributed by atoms with Gasteiger partial charge in [-0.1, -0.05) is 18.2 Å². The number of aliphatic imine (C=N–C) groups is 1. The number of methoxy groups -OCH3 is 1. The number of fused-ring (bicyclic) bond motifs is 1. The molecule has 0 fully saturated rings. The highest BCUT2D eigenvalue weighted by atomic mass is 16.5. The zero-order chi connectivity index (χ0) is 18.9. The summed E-state index contributed by atoms with van der Waals surface area (Å²) in [5, 5.41) is 13.3. The number of aryl methyl sites for hydroxylation is 1. The molecule has 3 rings (SSSR count). The minimum absolute atomic E-state index is 0.635. The molecule has 0 aliphatic rings. The average molecular weight is 365 g/mol. The third-order valence-corrected chi connectivity index (χ3v) is 4.29. The number of hydrogen-bond acceptors (Lipinski definition) is 3. The Hall–Kier alpha value is -3.02. The van der Waals surface area contributed by atoms with Gasteiger partial charge in [0.15, 0.2) is 5.96 Å². The third kappa shape index (κ3) is 5.48. The molecule has 0 aliphatic heterocycles. The minimum atomic E-state index is 0.635. The molecular formula is C21H27N5O.